The van der Waals surface area contributed by atoms with Crippen LogP contribution in [0.5, 0.6) is 5.75 Å². The summed E-state index contributed by atoms with van der Waals surface area (Å²) in [5.74, 6) is 1.43. The number of hydrogen-bond donors (Lipinski definition) is 1. The van der Waals surface area contributed by atoms with Crippen LogP contribution in [-0.2, 0) is 5.41 Å². The minimum absolute atomic E-state index is 0.191. The lowest BCUT2D eigenvalue weighted by Gasteiger charge is -2.20. The predicted octanol–water partition coefficient (Wildman–Crippen LogP) is 3.57. The summed E-state index contributed by atoms with van der Waals surface area (Å²) in [7, 11) is 1.72. The van der Waals surface area contributed by atoms with Crippen molar-refractivity contribution in [1.82, 2.24) is 0 Å². The van der Waals surface area contributed by atoms with E-state index >= 15 is 0 Å². The van der Waals surface area contributed by atoms with Crippen molar-refractivity contribution in [2.75, 3.05) is 13.7 Å². The molecule has 0 unspecified atom stereocenters. The highest BCUT2D eigenvalue weighted by Crippen LogP contribution is 2.52. The highest BCUT2D eigenvalue weighted by molar-refractivity contribution is 9.10. The first kappa shape index (κ1) is 12.9. The molecular weight excluding hydrogens is 278 g/mol. The standard InChI is InChI=1S/C14H20BrNO/c1-9(2)10-6-11(14(8-16)4-5-14)13(15)12(7-10)17-3/h6-7,9H,4-5,8,16H2,1-3H3. The third kappa shape index (κ3) is 2.23. The van der Waals surface area contributed by atoms with E-state index in [2.05, 4.69) is 41.9 Å². The van der Waals surface area contributed by atoms with Crippen molar-refractivity contribution >= 4 is 15.9 Å². The third-order valence-electron chi connectivity index (χ3n) is 3.76. The molecule has 2 nitrogen and oxygen atoms in total. The summed E-state index contributed by atoms with van der Waals surface area (Å²) in [6.45, 7) is 5.12. The summed E-state index contributed by atoms with van der Waals surface area (Å²) < 4.78 is 6.53. The lowest BCUT2D eigenvalue weighted by atomic mass is 9.91. The molecule has 0 amide bonds. The summed E-state index contributed by atoms with van der Waals surface area (Å²) in [6, 6.07) is 4.40. The largest absolute Gasteiger partial charge is 0.496 e. The van der Waals surface area contributed by atoms with Gasteiger partial charge in [-0.15, -0.1) is 0 Å². The van der Waals surface area contributed by atoms with E-state index in [-0.39, 0.29) is 5.41 Å². The maximum atomic E-state index is 5.93. The van der Waals surface area contributed by atoms with Crippen LogP contribution in [0.3, 0.4) is 0 Å². The molecule has 1 fully saturated rings. The molecule has 0 bridgehead atoms. The van der Waals surface area contributed by atoms with Gasteiger partial charge in [0.15, 0.2) is 0 Å². The van der Waals surface area contributed by atoms with E-state index in [1.165, 1.54) is 24.0 Å². The summed E-state index contributed by atoms with van der Waals surface area (Å²) >= 11 is 3.66. The van der Waals surface area contributed by atoms with Crippen LogP contribution >= 0.6 is 15.9 Å². The Balaban J connectivity index is 2.53. The zero-order chi connectivity index (χ0) is 12.6. The first-order chi connectivity index (χ1) is 8.04. The maximum absolute atomic E-state index is 5.93. The van der Waals surface area contributed by atoms with Gasteiger partial charge in [0, 0.05) is 12.0 Å². The van der Waals surface area contributed by atoms with Crippen LogP contribution in [0, 0.1) is 0 Å². The zero-order valence-electron chi connectivity index (χ0n) is 10.7. The number of ether oxygens (including phenoxy) is 1. The molecular formula is C14H20BrNO. The molecule has 0 radical (unpaired) electrons. The van der Waals surface area contributed by atoms with Gasteiger partial charge in [-0.2, -0.15) is 0 Å². The molecule has 1 aliphatic rings. The molecule has 0 aromatic heterocycles. The summed E-state index contributed by atoms with van der Waals surface area (Å²) in [5.41, 5.74) is 8.76. The zero-order valence-corrected chi connectivity index (χ0v) is 12.3. The van der Waals surface area contributed by atoms with Gasteiger partial charge in [0.2, 0.25) is 0 Å². The molecule has 17 heavy (non-hydrogen) atoms. The van der Waals surface area contributed by atoms with Gasteiger partial charge in [-0.05, 0) is 51.9 Å². The number of rotatable bonds is 4. The van der Waals surface area contributed by atoms with E-state index < -0.39 is 0 Å². The Kier molecular flexibility index (Phi) is 3.50. The molecule has 2 N–H and O–H groups in total. The van der Waals surface area contributed by atoms with Crippen molar-refractivity contribution < 1.29 is 4.74 Å². The molecule has 2 rings (SSSR count). The van der Waals surface area contributed by atoms with Gasteiger partial charge in [0.05, 0.1) is 11.6 Å². The van der Waals surface area contributed by atoms with Crippen molar-refractivity contribution in [2.45, 2.75) is 38.0 Å². The molecule has 1 aromatic rings. The van der Waals surface area contributed by atoms with E-state index in [1.54, 1.807) is 7.11 Å². The second-order valence-electron chi connectivity index (χ2n) is 5.22. The van der Waals surface area contributed by atoms with E-state index in [0.717, 1.165) is 16.8 Å². The Bertz CT molecular complexity index is 424. The minimum atomic E-state index is 0.191. The van der Waals surface area contributed by atoms with Crippen molar-refractivity contribution in [3.63, 3.8) is 0 Å². The van der Waals surface area contributed by atoms with E-state index in [1.807, 2.05) is 0 Å². The van der Waals surface area contributed by atoms with Crippen LogP contribution in [-0.4, -0.2) is 13.7 Å². The summed E-state index contributed by atoms with van der Waals surface area (Å²) in [5, 5.41) is 0. The monoisotopic (exact) mass is 297 g/mol. The molecule has 0 spiro atoms. The van der Waals surface area contributed by atoms with Crippen molar-refractivity contribution in [1.29, 1.82) is 0 Å². The van der Waals surface area contributed by atoms with E-state index in [4.69, 9.17) is 10.5 Å². The van der Waals surface area contributed by atoms with Gasteiger partial charge in [-0.1, -0.05) is 19.9 Å². The second kappa shape index (κ2) is 4.62. The van der Waals surface area contributed by atoms with Gasteiger partial charge in [0.25, 0.3) is 0 Å². The highest BCUT2D eigenvalue weighted by Gasteiger charge is 2.44. The third-order valence-corrected chi connectivity index (χ3v) is 4.58. The van der Waals surface area contributed by atoms with Crippen LogP contribution < -0.4 is 10.5 Å². The number of halogens is 1. The average molecular weight is 298 g/mol. The number of nitrogens with two attached hydrogens (primary N) is 1. The number of hydrogen-bond acceptors (Lipinski definition) is 2. The van der Waals surface area contributed by atoms with Crippen LogP contribution in [0.15, 0.2) is 16.6 Å². The number of benzene rings is 1. The molecule has 1 aromatic carbocycles. The highest BCUT2D eigenvalue weighted by atomic mass is 79.9. The van der Waals surface area contributed by atoms with Crippen LogP contribution in [0.4, 0.5) is 0 Å². The van der Waals surface area contributed by atoms with Gasteiger partial charge in [-0.25, -0.2) is 0 Å². The maximum Gasteiger partial charge on any atom is 0.133 e. The van der Waals surface area contributed by atoms with Gasteiger partial charge >= 0.3 is 0 Å². The van der Waals surface area contributed by atoms with Crippen LogP contribution in [0.25, 0.3) is 0 Å². The van der Waals surface area contributed by atoms with Gasteiger partial charge in [-0.3, -0.25) is 0 Å². The van der Waals surface area contributed by atoms with Crippen molar-refractivity contribution in [2.24, 2.45) is 5.73 Å². The molecule has 0 saturated heterocycles. The van der Waals surface area contributed by atoms with Crippen LogP contribution in [0.1, 0.15) is 43.7 Å². The normalized spacial score (nSPS) is 17.3. The minimum Gasteiger partial charge on any atom is -0.496 e. The predicted molar refractivity (Wildman–Crippen MR) is 74.7 cm³/mol. The Hall–Kier alpha value is -0.540. The lowest BCUT2D eigenvalue weighted by molar-refractivity contribution is 0.409. The fourth-order valence-electron chi connectivity index (χ4n) is 2.22. The average Bonchev–Trinajstić information content (AvgIpc) is 3.10. The van der Waals surface area contributed by atoms with Gasteiger partial charge < -0.3 is 10.5 Å². The van der Waals surface area contributed by atoms with E-state index in [0.29, 0.717) is 5.92 Å². The van der Waals surface area contributed by atoms with Crippen LogP contribution in [0.2, 0.25) is 0 Å². The molecule has 0 atom stereocenters. The van der Waals surface area contributed by atoms with Gasteiger partial charge in [0.1, 0.15) is 5.75 Å². The Morgan fingerprint density at radius 2 is 2.06 bits per heavy atom. The molecule has 1 saturated carbocycles. The summed E-state index contributed by atoms with van der Waals surface area (Å²) in [6.07, 6.45) is 2.37. The van der Waals surface area contributed by atoms with Crippen molar-refractivity contribution in [3.8, 4) is 5.75 Å². The Morgan fingerprint density at radius 3 is 2.47 bits per heavy atom. The molecule has 94 valence electrons. The lowest BCUT2D eigenvalue weighted by Crippen LogP contribution is -2.20. The SMILES string of the molecule is COc1cc(C(C)C)cc(C2(CN)CC2)c1Br. The fraction of sp³-hybridized carbons (Fsp3) is 0.571. The smallest absolute Gasteiger partial charge is 0.133 e. The first-order valence-electron chi connectivity index (χ1n) is 6.12. The summed E-state index contributed by atoms with van der Waals surface area (Å²) in [4.78, 5) is 0. The Labute approximate surface area is 112 Å². The molecule has 0 heterocycles. The molecule has 0 aliphatic heterocycles. The second-order valence-corrected chi connectivity index (χ2v) is 6.02. The van der Waals surface area contributed by atoms with Crippen molar-refractivity contribution in [3.05, 3.63) is 27.7 Å². The molecule has 3 heteroatoms. The topological polar surface area (TPSA) is 35.2 Å². The first-order valence-corrected chi connectivity index (χ1v) is 6.91. The quantitative estimate of drug-likeness (QED) is 0.922. The van der Waals surface area contributed by atoms with E-state index in [9.17, 15) is 0 Å². The Morgan fingerprint density at radius 1 is 1.41 bits per heavy atom. The molecule has 1 aliphatic carbocycles. The fourth-order valence-corrected chi connectivity index (χ4v) is 3.03. The number of methoxy groups -OCH3 is 1.